The minimum atomic E-state index is -0.879. The maximum atomic E-state index is 10.8. The average Bonchev–Trinajstić information content (AvgIpc) is 2.32. The second-order valence-corrected chi connectivity index (χ2v) is 6.03. The molecule has 1 N–H and O–H groups in total. The van der Waals surface area contributed by atoms with Gasteiger partial charge in [-0.05, 0) is 24.0 Å². The van der Waals surface area contributed by atoms with Gasteiger partial charge in [0, 0.05) is 6.42 Å². The van der Waals surface area contributed by atoms with Crippen LogP contribution in [0.2, 0.25) is 0 Å². The van der Waals surface area contributed by atoms with Crippen LogP contribution in [-0.2, 0) is 9.59 Å². The quantitative estimate of drug-likeness (QED) is 0.483. The molecule has 0 aromatic rings. The van der Waals surface area contributed by atoms with E-state index in [4.69, 9.17) is 5.11 Å². The van der Waals surface area contributed by atoms with Crippen molar-refractivity contribution >= 4 is 24.0 Å². The lowest BCUT2D eigenvalue weighted by Gasteiger charge is -2.26. The molecule has 0 amide bonds. The summed E-state index contributed by atoms with van der Waals surface area (Å²) < 4.78 is 0. The molecule has 0 aliphatic heterocycles. The molecule has 0 aliphatic carbocycles. The topological polar surface area (TPSA) is 54.4 Å². The zero-order valence-corrected chi connectivity index (χ0v) is 11.9. The number of rotatable bonds is 10. The van der Waals surface area contributed by atoms with Crippen LogP contribution in [0.25, 0.3) is 0 Å². The summed E-state index contributed by atoms with van der Waals surface area (Å²) in [7, 11) is 0. The Hall–Kier alpha value is -0.510. The van der Waals surface area contributed by atoms with Crippen LogP contribution in [0.15, 0.2) is 0 Å². The lowest BCUT2D eigenvalue weighted by atomic mass is 9.81. The van der Waals surface area contributed by atoms with Gasteiger partial charge in [0.2, 0.25) is 0 Å². The molecule has 0 spiro atoms. The summed E-state index contributed by atoms with van der Waals surface area (Å²) in [5, 5.41) is 8.31. The highest BCUT2D eigenvalue weighted by molar-refractivity contribution is 8.00. The molecule has 100 valence electrons. The van der Waals surface area contributed by atoms with Crippen molar-refractivity contribution in [3.05, 3.63) is 0 Å². The maximum absolute atomic E-state index is 10.8. The van der Waals surface area contributed by atoms with Crippen LogP contribution >= 0.6 is 11.8 Å². The van der Waals surface area contributed by atoms with Gasteiger partial charge in [0.15, 0.2) is 0 Å². The highest BCUT2D eigenvalue weighted by Gasteiger charge is 2.20. The zero-order valence-electron chi connectivity index (χ0n) is 11.1. The highest BCUT2D eigenvalue weighted by Crippen LogP contribution is 2.32. The van der Waals surface area contributed by atoms with Crippen LogP contribution in [0.4, 0.5) is 0 Å². The third kappa shape index (κ3) is 6.71. The van der Waals surface area contributed by atoms with Crippen LogP contribution in [0.1, 0.15) is 52.9 Å². The van der Waals surface area contributed by atoms with E-state index in [2.05, 4.69) is 20.8 Å². The summed E-state index contributed by atoms with van der Waals surface area (Å²) in [6.07, 6.45) is 5.26. The summed E-state index contributed by atoms with van der Waals surface area (Å²) >= 11 is 1.39. The fraction of sp³-hybridized carbons (Fsp3) is 0.846. The summed E-state index contributed by atoms with van der Waals surface area (Å²) in [6.45, 7) is 6.67. The zero-order chi connectivity index (χ0) is 13.3. The van der Waals surface area contributed by atoms with E-state index in [1.807, 2.05) is 0 Å². The van der Waals surface area contributed by atoms with Crippen molar-refractivity contribution in [3.63, 3.8) is 0 Å². The Bertz CT molecular complexity index is 237. The van der Waals surface area contributed by atoms with Gasteiger partial charge in [0.1, 0.15) is 11.5 Å². The Morgan fingerprint density at radius 2 is 2.00 bits per heavy atom. The number of carbonyl (C=O) groups excluding carboxylic acids is 1. The first-order valence-electron chi connectivity index (χ1n) is 6.27. The molecule has 0 aromatic carbocycles. The lowest BCUT2D eigenvalue weighted by Crippen LogP contribution is -2.18. The molecule has 0 bridgehead atoms. The first-order chi connectivity index (χ1) is 7.99. The van der Waals surface area contributed by atoms with Crippen molar-refractivity contribution < 1.29 is 14.7 Å². The molecule has 0 saturated heterocycles. The summed E-state index contributed by atoms with van der Waals surface area (Å²) in [5.41, 5.74) is 0.379. The average molecular weight is 260 g/mol. The van der Waals surface area contributed by atoms with Gasteiger partial charge in [0.05, 0.1) is 0 Å². The van der Waals surface area contributed by atoms with Gasteiger partial charge >= 0.3 is 5.97 Å². The molecule has 0 aliphatic rings. The second kappa shape index (κ2) is 8.56. The molecule has 3 nitrogen and oxygen atoms in total. The van der Waals surface area contributed by atoms with Crippen molar-refractivity contribution in [2.75, 3.05) is 5.75 Å². The smallest absolute Gasteiger partial charge is 0.317 e. The Labute approximate surface area is 108 Å². The third-order valence-electron chi connectivity index (χ3n) is 3.54. The molecule has 0 radical (unpaired) electrons. The van der Waals surface area contributed by atoms with Crippen LogP contribution in [0.5, 0.6) is 0 Å². The number of hydrogen-bond donors (Lipinski definition) is 1. The van der Waals surface area contributed by atoms with Crippen molar-refractivity contribution in [1.82, 2.24) is 0 Å². The first kappa shape index (κ1) is 16.5. The predicted octanol–water partition coefficient (Wildman–Crippen LogP) is 3.37. The maximum Gasteiger partial charge on any atom is 0.317 e. The van der Waals surface area contributed by atoms with Crippen LogP contribution in [-0.4, -0.2) is 28.4 Å². The van der Waals surface area contributed by atoms with E-state index in [-0.39, 0.29) is 6.42 Å². The SMILES string of the molecule is CCC(C)(CC)CCCSC(CC=O)C(=O)O. The number of thioether (sulfide) groups is 1. The summed E-state index contributed by atoms with van der Waals surface area (Å²) in [5.74, 6) is -0.0590. The molecule has 0 heterocycles. The van der Waals surface area contributed by atoms with Gasteiger partial charge in [-0.25, -0.2) is 0 Å². The fourth-order valence-electron chi connectivity index (χ4n) is 1.66. The molecular formula is C13H24O3S. The minimum Gasteiger partial charge on any atom is -0.480 e. The largest absolute Gasteiger partial charge is 0.480 e. The van der Waals surface area contributed by atoms with E-state index in [0.29, 0.717) is 11.7 Å². The highest BCUT2D eigenvalue weighted by atomic mass is 32.2. The summed E-state index contributed by atoms with van der Waals surface area (Å²) in [4.78, 5) is 21.1. The predicted molar refractivity (Wildman–Crippen MR) is 72.5 cm³/mol. The number of carboxylic acid groups (broad SMARTS) is 1. The van der Waals surface area contributed by atoms with Crippen LogP contribution in [0, 0.1) is 5.41 Å². The molecule has 0 saturated carbocycles. The van der Waals surface area contributed by atoms with Crippen molar-refractivity contribution in [2.45, 2.75) is 58.1 Å². The van der Waals surface area contributed by atoms with Crippen molar-refractivity contribution in [3.8, 4) is 0 Å². The van der Waals surface area contributed by atoms with E-state index in [1.165, 1.54) is 11.8 Å². The minimum absolute atomic E-state index is 0.110. The number of aliphatic carboxylic acids is 1. The van der Waals surface area contributed by atoms with Crippen molar-refractivity contribution in [1.29, 1.82) is 0 Å². The van der Waals surface area contributed by atoms with E-state index >= 15 is 0 Å². The molecule has 4 heteroatoms. The number of aldehydes is 1. The van der Waals surface area contributed by atoms with Gasteiger partial charge < -0.3 is 9.90 Å². The van der Waals surface area contributed by atoms with Gasteiger partial charge in [-0.15, -0.1) is 11.8 Å². The fourth-order valence-corrected chi connectivity index (χ4v) is 2.61. The molecule has 0 aromatic heterocycles. The molecule has 1 unspecified atom stereocenters. The van der Waals surface area contributed by atoms with Gasteiger partial charge in [-0.1, -0.05) is 33.6 Å². The van der Waals surface area contributed by atoms with Gasteiger partial charge in [-0.3, -0.25) is 4.79 Å². The van der Waals surface area contributed by atoms with Crippen LogP contribution in [0.3, 0.4) is 0 Å². The lowest BCUT2D eigenvalue weighted by molar-refractivity contribution is -0.137. The Balaban J connectivity index is 3.89. The Morgan fingerprint density at radius 3 is 2.41 bits per heavy atom. The van der Waals surface area contributed by atoms with Crippen LogP contribution < -0.4 is 0 Å². The number of hydrogen-bond acceptors (Lipinski definition) is 3. The molecular weight excluding hydrogens is 236 g/mol. The number of carboxylic acids is 1. The van der Waals surface area contributed by atoms with Gasteiger partial charge in [-0.2, -0.15) is 0 Å². The van der Waals surface area contributed by atoms with Gasteiger partial charge in [0.25, 0.3) is 0 Å². The Kier molecular flexibility index (Phi) is 8.30. The van der Waals surface area contributed by atoms with E-state index in [9.17, 15) is 9.59 Å². The van der Waals surface area contributed by atoms with E-state index in [0.717, 1.165) is 31.4 Å². The second-order valence-electron chi connectivity index (χ2n) is 4.72. The van der Waals surface area contributed by atoms with Crippen molar-refractivity contribution in [2.24, 2.45) is 5.41 Å². The monoisotopic (exact) mass is 260 g/mol. The van der Waals surface area contributed by atoms with E-state index < -0.39 is 11.2 Å². The standard InChI is InChI=1S/C13H24O3S/c1-4-13(3,5-2)8-6-10-17-11(7-9-14)12(15)16/h9,11H,4-8,10H2,1-3H3,(H,15,16). The van der Waals surface area contributed by atoms with E-state index in [1.54, 1.807) is 0 Å². The summed E-state index contributed by atoms with van der Waals surface area (Å²) in [6, 6.07) is 0. The molecule has 0 rings (SSSR count). The first-order valence-corrected chi connectivity index (χ1v) is 7.32. The Morgan fingerprint density at radius 1 is 1.41 bits per heavy atom. The molecule has 1 atom stereocenters. The normalized spacial score (nSPS) is 13.4. The molecule has 0 fully saturated rings. The number of carbonyl (C=O) groups is 2. The molecule has 17 heavy (non-hydrogen) atoms. The third-order valence-corrected chi connectivity index (χ3v) is 4.86.